The molecule has 0 radical (unpaired) electrons. The van der Waals surface area contributed by atoms with Crippen molar-refractivity contribution in [1.82, 2.24) is 0 Å². The maximum absolute atomic E-state index is 10.9. The second kappa shape index (κ2) is 2.68. The molecule has 2 atom stereocenters. The van der Waals surface area contributed by atoms with Gasteiger partial charge in [-0.25, -0.2) is 0 Å². The molecule has 60 valence electrons. The quantitative estimate of drug-likeness (QED) is 0.388. The second-order valence-corrected chi connectivity index (χ2v) is 3.35. The van der Waals surface area contributed by atoms with Crippen molar-refractivity contribution in [2.45, 2.75) is 19.3 Å². The molecule has 0 aromatic rings. The average Bonchev–Trinajstić information content (AvgIpc) is 2.04. The first-order valence-corrected chi connectivity index (χ1v) is 4.17. The summed E-state index contributed by atoms with van der Waals surface area (Å²) in [6, 6.07) is 0. The van der Waals surface area contributed by atoms with Gasteiger partial charge in [0, 0.05) is 12.3 Å². The maximum Gasteiger partial charge on any atom is 0.306 e. The van der Waals surface area contributed by atoms with Crippen LogP contribution in [0.25, 0.3) is 0 Å². The summed E-state index contributed by atoms with van der Waals surface area (Å²) in [7, 11) is 0. The van der Waals surface area contributed by atoms with Crippen molar-refractivity contribution >= 4 is 5.97 Å². The van der Waals surface area contributed by atoms with E-state index in [-0.39, 0.29) is 5.97 Å². The van der Waals surface area contributed by atoms with Crippen LogP contribution < -0.4 is 0 Å². The van der Waals surface area contributed by atoms with Crippen LogP contribution in [0.2, 0.25) is 0 Å². The summed E-state index contributed by atoms with van der Waals surface area (Å²) in [5.74, 6) is 1.17. The third-order valence-electron chi connectivity index (χ3n) is 2.60. The zero-order valence-electron chi connectivity index (χ0n) is 6.45. The molecule has 0 spiro atoms. The Bertz CT molecular complexity index is 196. The predicted molar refractivity (Wildman–Crippen MR) is 40.9 cm³/mol. The zero-order chi connectivity index (χ0) is 7.68. The van der Waals surface area contributed by atoms with Gasteiger partial charge in [-0.15, -0.1) is 0 Å². The Hall–Kier alpha value is -0.790. The molecule has 0 aromatic heterocycles. The summed E-state index contributed by atoms with van der Waals surface area (Å²) in [5.41, 5.74) is 0. The fraction of sp³-hybridized carbons (Fsp3) is 0.667. The van der Waals surface area contributed by atoms with Crippen LogP contribution >= 0.6 is 0 Å². The Morgan fingerprint density at radius 2 is 2.00 bits per heavy atom. The minimum Gasteiger partial charge on any atom is -0.465 e. The van der Waals surface area contributed by atoms with Gasteiger partial charge in [0.05, 0.1) is 6.61 Å². The lowest BCUT2D eigenvalue weighted by atomic mass is 9.80. The SMILES string of the molecule is O=C1C[C@@H]2CC=CC[C@@H]2CO1. The molecule has 0 aromatic carbocycles. The van der Waals surface area contributed by atoms with E-state index < -0.39 is 0 Å². The number of hydrogen-bond acceptors (Lipinski definition) is 2. The van der Waals surface area contributed by atoms with Gasteiger partial charge >= 0.3 is 5.97 Å². The van der Waals surface area contributed by atoms with E-state index in [1.54, 1.807) is 0 Å². The van der Waals surface area contributed by atoms with Crippen molar-refractivity contribution in [1.29, 1.82) is 0 Å². The maximum atomic E-state index is 10.9. The Kier molecular flexibility index (Phi) is 1.68. The highest BCUT2D eigenvalue weighted by atomic mass is 16.5. The van der Waals surface area contributed by atoms with Gasteiger partial charge in [-0.05, 0) is 18.8 Å². The first kappa shape index (κ1) is 6.89. The van der Waals surface area contributed by atoms with E-state index in [2.05, 4.69) is 12.2 Å². The summed E-state index contributed by atoms with van der Waals surface area (Å²) in [6.07, 6.45) is 7.17. The van der Waals surface area contributed by atoms with Gasteiger partial charge in [0.1, 0.15) is 0 Å². The van der Waals surface area contributed by atoms with Crippen LogP contribution in [-0.2, 0) is 9.53 Å². The summed E-state index contributed by atoms with van der Waals surface area (Å²) in [6.45, 7) is 0.647. The van der Waals surface area contributed by atoms with Crippen LogP contribution in [-0.4, -0.2) is 12.6 Å². The van der Waals surface area contributed by atoms with Crippen molar-refractivity contribution in [2.75, 3.05) is 6.61 Å². The van der Waals surface area contributed by atoms with E-state index in [0.717, 1.165) is 12.8 Å². The molecule has 0 bridgehead atoms. The summed E-state index contributed by atoms with van der Waals surface area (Å²) >= 11 is 0. The molecule has 1 saturated heterocycles. The van der Waals surface area contributed by atoms with Crippen molar-refractivity contribution in [3.63, 3.8) is 0 Å². The monoisotopic (exact) mass is 152 g/mol. The molecule has 1 aliphatic carbocycles. The second-order valence-electron chi connectivity index (χ2n) is 3.35. The van der Waals surface area contributed by atoms with Crippen LogP contribution in [0.5, 0.6) is 0 Å². The Balaban J connectivity index is 2.06. The minimum absolute atomic E-state index is 0.0125. The van der Waals surface area contributed by atoms with E-state index in [1.807, 2.05) is 0 Å². The van der Waals surface area contributed by atoms with Crippen molar-refractivity contribution in [3.8, 4) is 0 Å². The number of hydrogen-bond donors (Lipinski definition) is 0. The fourth-order valence-electron chi connectivity index (χ4n) is 1.85. The lowest BCUT2D eigenvalue weighted by Crippen LogP contribution is -2.31. The standard InChI is InChI=1S/C9H12O2/c10-9-5-7-3-1-2-4-8(7)6-11-9/h1-2,7-8H,3-6H2/t7-,8+/m0/s1. The van der Waals surface area contributed by atoms with E-state index >= 15 is 0 Å². The van der Waals surface area contributed by atoms with Gasteiger partial charge in [0.15, 0.2) is 0 Å². The summed E-state index contributed by atoms with van der Waals surface area (Å²) in [5, 5.41) is 0. The van der Waals surface area contributed by atoms with Crippen LogP contribution in [0, 0.1) is 11.8 Å². The zero-order valence-corrected chi connectivity index (χ0v) is 6.45. The highest BCUT2D eigenvalue weighted by molar-refractivity contribution is 5.70. The number of carbonyl (C=O) groups excluding carboxylic acids is 1. The predicted octanol–water partition coefficient (Wildman–Crippen LogP) is 1.52. The van der Waals surface area contributed by atoms with E-state index in [4.69, 9.17) is 4.74 Å². The van der Waals surface area contributed by atoms with Gasteiger partial charge in [0.25, 0.3) is 0 Å². The van der Waals surface area contributed by atoms with E-state index in [1.165, 1.54) is 0 Å². The third kappa shape index (κ3) is 1.30. The smallest absolute Gasteiger partial charge is 0.306 e. The number of rotatable bonds is 0. The van der Waals surface area contributed by atoms with Gasteiger partial charge < -0.3 is 4.74 Å². The Morgan fingerprint density at radius 3 is 2.82 bits per heavy atom. The van der Waals surface area contributed by atoms with Crippen molar-refractivity contribution in [2.24, 2.45) is 11.8 Å². The third-order valence-corrected chi connectivity index (χ3v) is 2.60. The molecule has 0 N–H and O–H groups in total. The number of carbonyl (C=O) groups is 1. The average molecular weight is 152 g/mol. The molecule has 11 heavy (non-hydrogen) atoms. The van der Waals surface area contributed by atoms with E-state index in [0.29, 0.717) is 24.9 Å². The minimum atomic E-state index is -0.0125. The molecule has 0 saturated carbocycles. The number of ether oxygens (including phenoxy) is 1. The molecular formula is C9H12O2. The molecule has 2 aliphatic rings. The molecule has 2 heteroatoms. The topological polar surface area (TPSA) is 26.3 Å². The van der Waals surface area contributed by atoms with Gasteiger partial charge in [-0.1, -0.05) is 12.2 Å². The number of allylic oxidation sites excluding steroid dienone is 2. The highest BCUT2D eigenvalue weighted by Gasteiger charge is 2.30. The molecule has 2 nitrogen and oxygen atoms in total. The molecule has 1 fully saturated rings. The fourth-order valence-corrected chi connectivity index (χ4v) is 1.85. The first-order valence-electron chi connectivity index (χ1n) is 4.17. The molecule has 0 unspecified atom stereocenters. The molecule has 1 heterocycles. The van der Waals surface area contributed by atoms with Crippen LogP contribution in [0.15, 0.2) is 12.2 Å². The van der Waals surface area contributed by atoms with E-state index in [9.17, 15) is 4.79 Å². The van der Waals surface area contributed by atoms with Gasteiger partial charge in [-0.2, -0.15) is 0 Å². The van der Waals surface area contributed by atoms with Crippen LogP contribution in [0.1, 0.15) is 19.3 Å². The van der Waals surface area contributed by atoms with Crippen molar-refractivity contribution in [3.05, 3.63) is 12.2 Å². The number of esters is 1. The molecule has 2 rings (SSSR count). The van der Waals surface area contributed by atoms with Gasteiger partial charge in [0.2, 0.25) is 0 Å². The summed E-state index contributed by atoms with van der Waals surface area (Å²) < 4.78 is 4.97. The highest BCUT2D eigenvalue weighted by Crippen LogP contribution is 2.31. The summed E-state index contributed by atoms with van der Waals surface area (Å²) in [4.78, 5) is 10.9. The first-order chi connectivity index (χ1) is 5.36. The van der Waals surface area contributed by atoms with Crippen LogP contribution in [0.3, 0.4) is 0 Å². The molecular weight excluding hydrogens is 140 g/mol. The molecule has 0 amide bonds. The lowest BCUT2D eigenvalue weighted by Gasteiger charge is -2.31. The molecule has 1 aliphatic heterocycles. The van der Waals surface area contributed by atoms with Gasteiger partial charge in [-0.3, -0.25) is 4.79 Å². The van der Waals surface area contributed by atoms with Crippen LogP contribution in [0.4, 0.5) is 0 Å². The largest absolute Gasteiger partial charge is 0.465 e. The Morgan fingerprint density at radius 1 is 1.27 bits per heavy atom. The van der Waals surface area contributed by atoms with Crippen molar-refractivity contribution < 1.29 is 9.53 Å². The lowest BCUT2D eigenvalue weighted by molar-refractivity contribution is -0.152. The number of fused-ring (bicyclic) bond motifs is 1. The normalized spacial score (nSPS) is 36.2. The number of cyclic esters (lactones) is 1. The Labute approximate surface area is 66.2 Å².